The summed E-state index contributed by atoms with van der Waals surface area (Å²) < 4.78 is 2.36. The third-order valence-electron chi connectivity index (χ3n) is 7.00. The summed E-state index contributed by atoms with van der Waals surface area (Å²) in [7, 11) is 0. The molecule has 35 heavy (non-hydrogen) atoms. The van der Waals surface area contributed by atoms with Gasteiger partial charge in [0.15, 0.2) is 0 Å². The zero-order valence-electron chi connectivity index (χ0n) is 18.9. The molecule has 0 radical (unpaired) electrons. The van der Waals surface area contributed by atoms with Crippen LogP contribution in [0, 0.1) is 11.3 Å². The molecule has 7 aromatic rings. The van der Waals surface area contributed by atoms with Crippen molar-refractivity contribution in [3.8, 4) is 22.9 Å². The molecule has 0 aliphatic carbocycles. The van der Waals surface area contributed by atoms with Crippen molar-refractivity contribution in [1.82, 2.24) is 4.57 Å². The smallest absolute Gasteiger partial charge is 0.0991 e. The Morgan fingerprint density at radius 2 is 1.06 bits per heavy atom. The minimum atomic E-state index is 0.680. The topological polar surface area (TPSA) is 28.7 Å². The van der Waals surface area contributed by atoms with E-state index in [1.54, 1.807) is 0 Å². The monoisotopic (exact) mass is 444 g/mol. The Balaban J connectivity index is 1.39. The van der Waals surface area contributed by atoms with Crippen LogP contribution in [0.1, 0.15) is 5.56 Å². The first-order valence-corrected chi connectivity index (χ1v) is 11.8. The van der Waals surface area contributed by atoms with Gasteiger partial charge in [-0.1, -0.05) is 78.9 Å². The second-order valence-electron chi connectivity index (χ2n) is 8.97. The number of fused-ring (bicyclic) bond motifs is 6. The van der Waals surface area contributed by atoms with Crippen LogP contribution in [-0.2, 0) is 0 Å². The molecule has 0 fully saturated rings. The largest absolute Gasteiger partial charge is 0.309 e. The van der Waals surface area contributed by atoms with Crippen molar-refractivity contribution in [3.05, 3.63) is 127 Å². The van der Waals surface area contributed by atoms with Gasteiger partial charge in [0.2, 0.25) is 0 Å². The predicted molar refractivity (Wildman–Crippen MR) is 146 cm³/mol. The maximum Gasteiger partial charge on any atom is 0.0991 e. The Kier molecular flexibility index (Phi) is 4.24. The van der Waals surface area contributed by atoms with E-state index in [4.69, 9.17) is 5.26 Å². The summed E-state index contributed by atoms with van der Waals surface area (Å²) in [6.07, 6.45) is 0. The first-order chi connectivity index (χ1) is 17.3. The molecule has 0 bridgehead atoms. The van der Waals surface area contributed by atoms with Crippen molar-refractivity contribution in [2.45, 2.75) is 0 Å². The standard InChI is InChI=1S/C33H20N2/c34-21-22-9-11-23(12-10-22)24-15-17-28-25(19-24)13-14-26-20-27(16-18-29(26)28)35-32-7-3-1-5-30(32)31-6-2-4-8-33(31)35/h1-20H. The molecular formula is C33H20N2. The van der Waals surface area contributed by atoms with Gasteiger partial charge in [-0.3, -0.25) is 0 Å². The van der Waals surface area contributed by atoms with Crippen molar-refractivity contribution >= 4 is 43.4 Å². The summed E-state index contributed by atoms with van der Waals surface area (Å²) in [5.74, 6) is 0. The van der Waals surface area contributed by atoms with Gasteiger partial charge in [0.05, 0.1) is 22.7 Å². The SMILES string of the molecule is N#Cc1ccc(-c2ccc3c(ccc4cc(-n5c6ccccc6c6ccccc65)ccc43)c2)cc1. The van der Waals surface area contributed by atoms with Gasteiger partial charge in [-0.2, -0.15) is 5.26 Å². The highest BCUT2D eigenvalue weighted by Gasteiger charge is 2.12. The summed E-state index contributed by atoms with van der Waals surface area (Å²) >= 11 is 0. The lowest BCUT2D eigenvalue weighted by atomic mass is 9.97. The first-order valence-electron chi connectivity index (χ1n) is 11.8. The molecule has 0 N–H and O–H groups in total. The molecule has 162 valence electrons. The number of rotatable bonds is 2. The third-order valence-corrected chi connectivity index (χ3v) is 7.00. The second-order valence-corrected chi connectivity index (χ2v) is 8.97. The average molecular weight is 445 g/mol. The lowest BCUT2D eigenvalue weighted by Crippen LogP contribution is -1.93. The number of aromatic nitrogens is 1. The molecular weight excluding hydrogens is 424 g/mol. The number of hydrogen-bond acceptors (Lipinski definition) is 1. The maximum absolute atomic E-state index is 9.07. The molecule has 2 heteroatoms. The Morgan fingerprint density at radius 1 is 0.486 bits per heavy atom. The molecule has 1 heterocycles. The average Bonchev–Trinajstić information content (AvgIpc) is 3.27. The van der Waals surface area contributed by atoms with Gasteiger partial charge < -0.3 is 4.57 Å². The van der Waals surface area contributed by atoms with Crippen LogP contribution in [0.25, 0.3) is 60.2 Å². The van der Waals surface area contributed by atoms with Gasteiger partial charge in [-0.15, -0.1) is 0 Å². The molecule has 0 unspecified atom stereocenters. The van der Waals surface area contributed by atoms with Gasteiger partial charge in [0.1, 0.15) is 0 Å². The summed E-state index contributed by atoms with van der Waals surface area (Å²) in [6.45, 7) is 0. The van der Waals surface area contributed by atoms with Crippen molar-refractivity contribution in [2.75, 3.05) is 0 Å². The molecule has 0 saturated carbocycles. The van der Waals surface area contributed by atoms with Crippen LogP contribution >= 0.6 is 0 Å². The minimum absolute atomic E-state index is 0.680. The number of para-hydroxylation sites is 2. The van der Waals surface area contributed by atoms with E-state index >= 15 is 0 Å². The van der Waals surface area contributed by atoms with E-state index in [0.29, 0.717) is 5.56 Å². The summed E-state index contributed by atoms with van der Waals surface area (Å²) in [5.41, 5.74) is 6.57. The fourth-order valence-electron chi connectivity index (χ4n) is 5.32. The lowest BCUT2D eigenvalue weighted by molar-refractivity contribution is 1.19. The van der Waals surface area contributed by atoms with Crippen LogP contribution in [-0.4, -0.2) is 4.57 Å². The summed E-state index contributed by atoms with van der Waals surface area (Å²) in [5, 5.41) is 16.6. The van der Waals surface area contributed by atoms with Gasteiger partial charge in [-0.05, 0) is 75.1 Å². The fourth-order valence-corrected chi connectivity index (χ4v) is 5.32. The zero-order valence-corrected chi connectivity index (χ0v) is 18.9. The van der Waals surface area contributed by atoms with Crippen LogP contribution in [0.3, 0.4) is 0 Å². The van der Waals surface area contributed by atoms with Gasteiger partial charge >= 0.3 is 0 Å². The van der Waals surface area contributed by atoms with Crippen molar-refractivity contribution in [1.29, 1.82) is 5.26 Å². The Hall–Kier alpha value is -4.87. The van der Waals surface area contributed by atoms with Crippen molar-refractivity contribution < 1.29 is 0 Å². The van der Waals surface area contributed by atoms with E-state index in [9.17, 15) is 0 Å². The lowest BCUT2D eigenvalue weighted by Gasteiger charge is -2.11. The highest BCUT2D eigenvalue weighted by Crippen LogP contribution is 2.35. The molecule has 0 aliphatic heterocycles. The molecule has 0 atom stereocenters. The van der Waals surface area contributed by atoms with Crippen LogP contribution in [0.4, 0.5) is 0 Å². The van der Waals surface area contributed by atoms with E-state index in [1.807, 2.05) is 24.3 Å². The van der Waals surface area contributed by atoms with Crippen LogP contribution < -0.4 is 0 Å². The third kappa shape index (κ3) is 3.03. The summed E-state index contributed by atoms with van der Waals surface area (Å²) in [4.78, 5) is 0. The zero-order chi connectivity index (χ0) is 23.4. The van der Waals surface area contributed by atoms with E-state index < -0.39 is 0 Å². The normalized spacial score (nSPS) is 11.4. The Labute approximate surface area is 202 Å². The quantitative estimate of drug-likeness (QED) is 0.245. The Bertz CT molecular complexity index is 1900. The molecule has 6 aromatic carbocycles. The van der Waals surface area contributed by atoms with E-state index in [-0.39, 0.29) is 0 Å². The molecule has 7 rings (SSSR count). The molecule has 0 spiro atoms. The summed E-state index contributed by atoms with van der Waals surface area (Å²) in [6, 6.07) is 45.0. The molecule has 2 nitrogen and oxygen atoms in total. The van der Waals surface area contributed by atoms with E-state index in [2.05, 4.69) is 108 Å². The fraction of sp³-hybridized carbons (Fsp3) is 0. The highest BCUT2D eigenvalue weighted by molar-refractivity contribution is 6.11. The molecule has 1 aromatic heterocycles. The Morgan fingerprint density at radius 3 is 1.71 bits per heavy atom. The van der Waals surface area contributed by atoms with Gasteiger partial charge in [-0.25, -0.2) is 0 Å². The number of benzene rings is 6. The number of hydrogen-bond donors (Lipinski definition) is 0. The molecule has 0 amide bonds. The van der Waals surface area contributed by atoms with Crippen LogP contribution in [0.15, 0.2) is 121 Å². The minimum Gasteiger partial charge on any atom is -0.309 e. The van der Waals surface area contributed by atoms with Gasteiger partial charge in [0, 0.05) is 16.5 Å². The second kappa shape index (κ2) is 7.58. The van der Waals surface area contributed by atoms with Crippen molar-refractivity contribution in [3.63, 3.8) is 0 Å². The highest BCUT2D eigenvalue weighted by atomic mass is 15.0. The van der Waals surface area contributed by atoms with Gasteiger partial charge in [0.25, 0.3) is 0 Å². The van der Waals surface area contributed by atoms with Crippen molar-refractivity contribution in [2.24, 2.45) is 0 Å². The predicted octanol–water partition coefficient (Wildman–Crippen LogP) is 8.63. The first kappa shape index (κ1) is 19.6. The van der Waals surface area contributed by atoms with Crippen LogP contribution in [0.2, 0.25) is 0 Å². The number of nitriles is 1. The van der Waals surface area contributed by atoms with E-state index in [1.165, 1.54) is 49.0 Å². The number of nitrogens with zero attached hydrogens (tertiary/aromatic N) is 2. The molecule has 0 saturated heterocycles. The van der Waals surface area contributed by atoms with Crippen LogP contribution in [0.5, 0.6) is 0 Å². The van der Waals surface area contributed by atoms with E-state index in [0.717, 1.165) is 11.1 Å². The molecule has 0 aliphatic rings. The maximum atomic E-state index is 9.07.